The standard InChI is InChI=1S/C23H27F2N5O6S/c1-13(20(31)14-11-23(24,25)12-14)37(32,33)29-22-28-27-21(15-7-5-10-18(26-15)36-4)30(22)19-16(34-2)8-6-9-17(19)35-3/h5-10,13-14,20,31H,11-12H2,1-4H3,(H,28,29)/t13-,20+/m1/s1. The summed E-state index contributed by atoms with van der Waals surface area (Å²) in [6.07, 6.45) is -2.66. The maximum atomic E-state index is 13.3. The molecular formula is C23H27F2N5O6S. The lowest BCUT2D eigenvalue weighted by atomic mass is 9.77. The summed E-state index contributed by atoms with van der Waals surface area (Å²) in [5.74, 6) is -2.95. The van der Waals surface area contributed by atoms with Crippen LogP contribution in [-0.2, 0) is 10.0 Å². The van der Waals surface area contributed by atoms with Crippen molar-refractivity contribution in [1.29, 1.82) is 0 Å². The summed E-state index contributed by atoms with van der Waals surface area (Å²) in [5, 5.41) is 17.3. The van der Waals surface area contributed by atoms with Crippen LogP contribution in [0.3, 0.4) is 0 Å². The molecule has 0 spiro atoms. The Morgan fingerprint density at radius 1 is 1.05 bits per heavy atom. The van der Waals surface area contributed by atoms with Gasteiger partial charge < -0.3 is 19.3 Å². The molecule has 2 heterocycles. The van der Waals surface area contributed by atoms with E-state index in [1.54, 1.807) is 36.4 Å². The summed E-state index contributed by atoms with van der Waals surface area (Å²) >= 11 is 0. The van der Waals surface area contributed by atoms with Crippen molar-refractivity contribution in [2.75, 3.05) is 26.1 Å². The maximum absolute atomic E-state index is 13.3. The number of nitrogens with zero attached hydrogens (tertiary/aromatic N) is 4. The van der Waals surface area contributed by atoms with Crippen molar-refractivity contribution in [3.05, 3.63) is 36.4 Å². The van der Waals surface area contributed by atoms with Crippen LogP contribution in [0, 0.1) is 5.92 Å². The zero-order valence-corrected chi connectivity index (χ0v) is 21.4. The summed E-state index contributed by atoms with van der Waals surface area (Å²) < 4.78 is 73.0. The van der Waals surface area contributed by atoms with Crippen molar-refractivity contribution in [3.8, 4) is 34.6 Å². The Kier molecular flexibility index (Phi) is 7.24. The molecule has 2 N–H and O–H groups in total. The minimum Gasteiger partial charge on any atom is -0.494 e. The molecular weight excluding hydrogens is 512 g/mol. The van der Waals surface area contributed by atoms with Crippen molar-refractivity contribution in [2.45, 2.75) is 37.0 Å². The number of aromatic nitrogens is 4. The van der Waals surface area contributed by atoms with E-state index in [9.17, 15) is 22.3 Å². The van der Waals surface area contributed by atoms with Crippen LogP contribution in [0.4, 0.5) is 14.7 Å². The number of hydrogen-bond acceptors (Lipinski definition) is 9. The average Bonchev–Trinajstić information content (AvgIpc) is 3.27. The van der Waals surface area contributed by atoms with Gasteiger partial charge in [0.15, 0.2) is 5.82 Å². The first-order valence-corrected chi connectivity index (χ1v) is 12.8. The van der Waals surface area contributed by atoms with E-state index in [1.165, 1.54) is 32.8 Å². The molecule has 0 unspecified atom stereocenters. The Morgan fingerprint density at radius 2 is 1.68 bits per heavy atom. The van der Waals surface area contributed by atoms with E-state index in [0.29, 0.717) is 17.2 Å². The van der Waals surface area contributed by atoms with Crippen LogP contribution in [0.5, 0.6) is 17.4 Å². The Balaban J connectivity index is 1.80. The van der Waals surface area contributed by atoms with Gasteiger partial charge in [0.1, 0.15) is 28.1 Å². The van der Waals surface area contributed by atoms with Crippen molar-refractivity contribution in [1.82, 2.24) is 19.7 Å². The molecule has 200 valence electrons. The van der Waals surface area contributed by atoms with Crippen molar-refractivity contribution in [3.63, 3.8) is 0 Å². The molecule has 1 aliphatic carbocycles. The van der Waals surface area contributed by atoms with Gasteiger partial charge in [-0.1, -0.05) is 12.1 Å². The molecule has 0 amide bonds. The topological polar surface area (TPSA) is 138 Å². The van der Waals surface area contributed by atoms with Gasteiger partial charge in [-0.15, -0.1) is 10.2 Å². The fourth-order valence-electron chi connectivity index (χ4n) is 4.17. The Hall–Kier alpha value is -3.52. The quantitative estimate of drug-likeness (QED) is 0.398. The number of pyridine rings is 1. The zero-order valence-electron chi connectivity index (χ0n) is 20.6. The number of methoxy groups -OCH3 is 3. The minimum absolute atomic E-state index is 0.131. The predicted molar refractivity (Wildman–Crippen MR) is 130 cm³/mol. The van der Waals surface area contributed by atoms with Gasteiger partial charge in [-0.2, -0.15) is 0 Å². The number of para-hydroxylation sites is 1. The smallest absolute Gasteiger partial charge is 0.248 e. The lowest BCUT2D eigenvalue weighted by Gasteiger charge is -2.39. The molecule has 37 heavy (non-hydrogen) atoms. The minimum atomic E-state index is -4.32. The molecule has 1 aliphatic rings. The van der Waals surface area contributed by atoms with Crippen LogP contribution < -0.4 is 18.9 Å². The van der Waals surface area contributed by atoms with Gasteiger partial charge in [-0.3, -0.25) is 9.29 Å². The largest absolute Gasteiger partial charge is 0.494 e. The third-order valence-electron chi connectivity index (χ3n) is 6.26. The molecule has 0 radical (unpaired) electrons. The highest BCUT2D eigenvalue weighted by Crippen LogP contribution is 2.45. The second kappa shape index (κ2) is 10.1. The lowest BCUT2D eigenvalue weighted by molar-refractivity contribution is -0.140. The highest BCUT2D eigenvalue weighted by molar-refractivity contribution is 7.93. The Morgan fingerprint density at radius 3 is 2.24 bits per heavy atom. The van der Waals surface area contributed by atoms with Gasteiger partial charge in [-0.05, 0) is 31.0 Å². The molecule has 1 aromatic carbocycles. The number of sulfonamides is 1. The van der Waals surface area contributed by atoms with Crippen molar-refractivity contribution >= 4 is 16.0 Å². The highest BCUT2D eigenvalue weighted by atomic mass is 32.2. The maximum Gasteiger partial charge on any atom is 0.248 e. The zero-order chi connectivity index (χ0) is 27.0. The van der Waals surface area contributed by atoms with E-state index in [1.807, 2.05) is 0 Å². The molecule has 1 saturated carbocycles. The van der Waals surface area contributed by atoms with Gasteiger partial charge in [0.2, 0.25) is 27.8 Å². The normalized spacial score (nSPS) is 16.9. The summed E-state index contributed by atoms with van der Waals surface area (Å²) in [4.78, 5) is 4.37. The summed E-state index contributed by atoms with van der Waals surface area (Å²) in [6, 6.07) is 9.91. The van der Waals surface area contributed by atoms with Gasteiger partial charge in [0, 0.05) is 18.9 Å². The lowest BCUT2D eigenvalue weighted by Crippen LogP contribution is -2.49. The van der Waals surface area contributed by atoms with Crippen LogP contribution in [0.2, 0.25) is 0 Å². The third-order valence-corrected chi connectivity index (χ3v) is 7.98. The molecule has 3 aromatic rings. The van der Waals surface area contributed by atoms with Crippen LogP contribution in [-0.4, -0.2) is 71.9 Å². The first-order valence-electron chi connectivity index (χ1n) is 11.3. The SMILES string of the molecule is COc1cccc(-c2nnc(NS(=O)(=O)[C@H](C)[C@H](O)C3CC(F)(F)C3)n2-c2c(OC)cccc2OC)n1. The number of ether oxygens (including phenoxy) is 3. The van der Waals surface area contributed by atoms with Crippen LogP contribution in [0.1, 0.15) is 19.8 Å². The number of hydrogen-bond donors (Lipinski definition) is 2. The third kappa shape index (κ3) is 5.16. The van der Waals surface area contributed by atoms with E-state index in [-0.39, 0.29) is 23.3 Å². The summed E-state index contributed by atoms with van der Waals surface area (Å²) in [7, 11) is -0.00201. The van der Waals surface area contributed by atoms with E-state index in [2.05, 4.69) is 19.9 Å². The molecule has 2 aromatic heterocycles. The monoisotopic (exact) mass is 539 g/mol. The van der Waals surface area contributed by atoms with Crippen molar-refractivity contribution < 1.29 is 36.5 Å². The summed E-state index contributed by atoms with van der Waals surface area (Å²) in [6.45, 7) is 1.25. The highest BCUT2D eigenvalue weighted by Gasteiger charge is 2.51. The number of aliphatic hydroxyl groups is 1. The van der Waals surface area contributed by atoms with Gasteiger partial charge in [0.05, 0.1) is 27.4 Å². The molecule has 0 aliphatic heterocycles. The first kappa shape index (κ1) is 26.5. The second-order valence-electron chi connectivity index (χ2n) is 8.63. The molecule has 14 heteroatoms. The summed E-state index contributed by atoms with van der Waals surface area (Å²) in [5.41, 5.74) is 0.580. The van der Waals surface area contributed by atoms with Crippen LogP contribution >= 0.6 is 0 Å². The predicted octanol–water partition coefficient (Wildman–Crippen LogP) is 2.89. The number of rotatable bonds is 10. The van der Waals surface area contributed by atoms with Gasteiger partial charge in [0.25, 0.3) is 0 Å². The number of nitrogens with one attached hydrogen (secondary N) is 1. The number of anilines is 1. The fraction of sp³-hybridized carbons (Fsp3) is 0.435. The first-order chi connectivity index (χ1) is 17.5. The fourth-order valence-corrected chi connectivity index (χ4v) is 5.33. The molecule has 11 nitrogen and oxygen atoms in total. The Bertz CT molecular complexity index is 1350. The van der Waals surface area contributed by atoms with E-state index in [4.69, 9.17) is 14.2 Å². The molecule has 0 saturated heterocycles. The van der Waals surface area contributed by atoms with Crippen molar-refractivity contribution in [2.24, 2.45) is 5.92 Å². The molecule has 0 bridgehead atoms. The average molecular weight is 540 g/mol. The molecule has 4 rings (SSSR count). The van der Waals surface area contributed by atoms with E-state index < -0.39 is 46.1 Å². The number of halogens is 2. The van der Waals surface area contributed by atoms with Gasteiger partial charge >= 0.3 is 0 Å². The number of benzene rings is 1. The number of aliphatic hydroxyl groups excluding tert-OH is 1. The molecule has 2 atom stereocenters. The second-order valence-corrected chi connectivity index (χ2v) is 10.7. The van der Waals surface area contributed by atoms with Crippen LogP contribution in [0.15, 0.2) is 36.4 Å². The number of alkyl halides is 2. The van der Waals surface area contributed by atoms with Crippen LogP contribution in [0.25, 0.3) is 17.2 Å². The molecule has 1 fully saturated rings. The van der Waals surface area contributed by atoms with E-state index >= 15 is 0 Å². The van der Waals surface area contributed by atoms with Gasteiger partial charge in [-0.25, -0.2) is 22.2 Å². The van der Waals surface area contributed by atoms with E-state index in [0.717, 1.165) is 0 Å². The Labute approximate surface area is 212 Å².